The summed E-state index contributed by atoms with van der Waals surface area (Å²) in [6, 6.07) is 9.42. The van der Waals surface area contributed by atoms with Crippen molar-refractivity contribution < 1.29 is 9.09 Å². The van der Waals surface area contributed by atoms with E-state index >= 15 is 0 Å². The van der Waals surface area contributed by atoms with E-state index in [1.54, 1.807) is 6.92 Å². The molecule has 0 aromatic heterocycles. The number of nitrogens with one attached hydrogen (secondary N) is 1. The van der Waals surface area contributed by atoms with Crippen molar-refractivity contribution in [2.75, 3.05) is 5.43 Å². The average molecular weight is 220 g/mol. The Hall–Kier alpha value is -0.410. The van der Waals surface area contributed by atoms with Crippen molar-refractivity contribution in [3.8, 4) is 0 Å². The van der Waals surface area contributed by atoms with Crippen molar-refractivity contribution in [1.29, 1.82) is 0 Å². The van der Waals surface area contributed by atoms with E-state index < -0.39 is 8.69 Å². The molecule has 6 heteroatoms. The third-order valence-corrected chi connectivity index (χ3v) is 1.62. The van der Waals surface area contributed by atoms with Crippen LogP contribution in [0.2, 0.25) is 0 Å². The maximum atomic E-state index is 9.99. The molecule has 0 aliphatic heterocycles. The minimum atomic E-state index is -0.396. The van der Waals surface area contributed by atoms with Crippen LogP contribution in [0.4, 0.5) is 5.69 Å². The molecule has 0 bridgehead atoms. The Morgan fingerprint density at radius 3 is 2.64 bits per heavy atom. The van der Waals surface area contributed by atoms with Gasteiger partial charge in [-0.25, -0.2) is 4.57 Å². The molecule has 0 atom stereocenters. The number of para-hydroxylation sites is 1. The van der Waals surface area contributed by atoms with Crippen LogP contribution in [0, 0.1) is 0 Å². The van der Waals surface area contributed by atoms with E-state index in [4.69, 9.17) is 0 Å². The zero-order chi connectivity index (χ0) is 9.52. The Kier molecular flexibility index (Phi) is 7.71. The summed E-state index contributed by atoms with van der Waals surface area (Å²) in [4.78, 5) is 0. The molecule has 0 saturated carbocycles. The normalized spacial score (nSPS) is 10.5. The molecule has 1 N–H and O–H groups in total. The van der Waals surface area contributed by atoms with Gasteiger partial charge in [-0.1, -0.05) is 18.2 Å². The number of hydrogen-bond donors (Lipinski definition) is 1. The van der Waals surface area contributed by atoms with E-state index in [9.17, 15) is 4.57 Å². The van der Waals surface area contributed by atoms with Crippen molar-refractivity contribution in [3.05, 3.63) is 30.3 Å². The monoisotopic (exact) mass is 220 g/mol. The van der Waals surface area contributed by atoms with Crippen LogP contribution in [0.5, 0.6) is 0 Å². The molecule has 4 nitrogen and oxygen atoms in total. The van der Waals surface area contributed by atoms with Crippen molar-refractivity contribution in [1.82, 2.24) is 0 Å². The molecular formula is C8H10N2NaO2P. The molecule has 0 saturated heterocycles. The number of hydrazone groups is 1. The van der Waals surface area contributed by atoms with Crippen LogP contribution in [0.25, 0.3) is 0 Å². The molecule has 70 valence electrons. The predicted octanol–water partition coefficient (Wildman–Crippen LogP) is 2.01. The predicted molar refractivity (Wildman–Crippen MR) is 59.0 cm³/mol. The van der Waals surface area contributed by atoms with Gasteiger partial charge < -0.3 is 4.52 Å². The topological polar surface area (TPSA) is 50.7 Å². The quantitative estimate of drug-likeness (QED) is 0.278. The van der Waals surface area contributed by atoms with Gasteiger partial charge in [0.2, 0.25) is 5.90 Å². The van der Waals surface area contributed by atoms with E-state index in [2.05, 4.69) is 15.1 Å². The summed E-state index contributed by atoms with van der Waals surface area (Å²) < 4.78 is 14.6. The van der Waals surface area contributed by atoms with Crippen LogP contribution in [0.3, 0.4) is 0 Å². The summed E-state index contributed by atoms with van der Waals surface area (Å²) in [7, 11) is -0.396. The number of nitrogens with zero attached hydrogens (tertiary/aromatic N) is 1. The van der Waals surface area contributed by atoms with E-state index in [1.807, 2.05) is 30.3 Å². The molecule has 0 aliphatic rings. The van der Waals surface area contributed by atoms with Gasteiger partial charge in [0.05, 0.1) is 5.69 Å². The van der Waals surface area contributed by atoms with Gasteiger partial charge in [-0.15, -0.1) is 5.10 Å². The first-order valence-corrected chi connectivity index (χ1v) is 4.41. The summed E-state index contributed by atoms with van der Waals surface area (Å²) in [6.45, 7) is 1.61. The molecule has 0 amide bonds. The molecule has 1 rings (SSSR count). The first-order chi connectivity index (χ1) is 6.33. The standard InChI is InChI=1S/C8H9N2O2P.Na.H/c1-7(12-13-11)9-10-8-5-3-2-4-6-8;;/h2-6,10H,1H3;;. The number of rotatable bonds is 3. The molecule has 0 spiro atoms. The third-order valence-electron chi connectivity index (χ3n) is 1.29. The molecular weight excluding hydrogens is 210 g/mol. The number of anilines is 1. The zero-order valence-electron chi connectivity index (χ0n) is 7.10. The van der Waals surface area contributed by atoms with Crippen LogP contribution in [0.15, 0.2) is 35.4 Å². The van der Waals surface area contributed by atoms with Gasteiger partial charge in [0.1, 0.15) is 0 Å². The van der Waals surface area contributed by atoms with Gasteiger partial charge in [0.15, 0.2) is 0 Å². The molecule has 0 unspecified atom stereocenters. The Morgan fingerprint density at radius 2 is 2.07 bits per heavy atom. The fourth-order valence-electron chi connectivity index (χ4n) is 0.730. The second-order valence-electron chi connectivity index (χ2n) is 2.27. The third kappa shape index (κ3) is 5.35. The van der Waals surface area contributed by atoms with Crippen molar-refractivity contribution in [2.24, 2.45) is 5.10 Å². The molecule has 1 aromatic rings. The Bertz CT molecular complexity index is 305. The van der Waals surface area contributed by atoms with Crippen LogP contribution in [-0.2, 0) is 9.09 Å². The average Bonchev–Trinajstić information content (AvgIpc) is 2.17. The Balaban J connectivity index is 0.00000169. The zero-order valence-corrected chi connectivity index (χ0v) is 7.99. The van der Waals surface area contributed by atoms with Gasteiger partial charge in [-0.3, -0.25) is 5.43 Å². The van der Waals surface area contributed by atoms with Crippen LogP contribution < -0.4 is 5.43 Å². The van der Waals surface area contributed by atoms with Gasteiger partial charge >= 0.3 is 38.2 Å². The van der Waals surface area contributed by atoms with Gasteiger partial charge in [0, 0.05) is 6.92 Å². The number of hydrogen-bond acceptors (Lipinski definition) is 4. The van der Waals surface area contributed by atoms with Crippen LogP contribution >= 0.6 is 8.69 Å². The molecule has 14 heavy (non-hydrogen) atoms. The number of benzene rings is 1. The first-order valence-electron chi connectivity index (χ1n) is 3.68. The molecule has 0 heterocycles. The van der Waals surface area contributed by atoms with Gasteiger partial charge in [-0.05, 0) is 12.1 Å². The minimum absolute atomic E-state index is 0. The second kappa shape index (κ2) is 7.94. The molecule has 0 radical (unpaired) electrons. The van der Waals surface area contributed by atoms with E-state index in [0.717, 1.165) is 5.69 Å². The summed E-state index contributed by atoms with van der Waals surface area (Å²) >= 11 is 0. The van der Waals surface area contributed by atoms with Gasteiger partial charge in [0.25, 0.3) is 0 Å². The first kappa shape index (κ1) is 13.6. The maximum absolute atomic E-state index is 9.99. The fraction of sp³-hybridized carbons (Fsp3) is 0.125. The van der Waals surface area contributed by atoms with Crippen LogP contribution in [-0.4, -0.2) is 35.5 Å². The van der Waals surface area contributed by atoms with E-state index in [-0.39, 0.29) is 29.6 Å². The summed E-state index contributed by atoms with van der Waals surface area (Å²) in [5.41, 5.74) is 3.60. The van der Waals surface area contributed by atoms with Crippen LogP contribution in [0.1, 0.15) is 6.92 Å². The Morgan fingerprint density at radius 1 is 1.43 bits per heavy atom. The van der Waals surface area contributed by atoms with Gasteiger partial charge in [-0.2, -0.15) is 0 Å². The van der Waals surface area contributed by atoms with Crippen molar-refractivity contribution >= 4 is 49.8 Å². The summed E-state index contributed by atoms with van der Waals surface area (Å²) in [5.74, 6) is 0.320. The second-order valence-corrected chi connectivity index (χ2v) is 2.61. The van der Waals surface area contributed by atoms with E-state index in [0.29, 0.717) is 5.90 Å². The fourth-order valence-corrected chi connectivity index (χ4v) is 0.879. The summed E-state index contributed by atoms with van der Waals surface area (Å²) in [5, 5.41) is 3.82. The molecule has 0 aliphatic carbocycles. The molecule has 1 aromatic carbocycles. The van der Waals surface area contributed by atoms with Crippen molar-refractivity contribution in [2.45, 2.75) is 6.92 Å². The van der Waals surface area contributed by atoms with Crippen molar-refractivity contribution in [3.63, 3.8) is 0 Å². The molecule has 0 fully saturated rings. The SMILES string of the molecule is CC(=NNc1ccccc1)OP=O.[NaH]. The van der Waals surface area contributed by atoms with E-state index in [1.165, 1.54) is 0 Å². The summed E-state index contributed by atoms with van der Waals surface area (Å²) in [6.07, 6.45) is 0. The Labute approximate surface area is 106 Å².